The van der Waals surface area contributed by atoms with Crippen molar-refractivity contribution in [2.45, 2.75) is 38.6 Å². The summed E-state index contributed by atoms with van der Waals surface area (Å²) in [6, 6.07) is 10.9. The van der Waals surface area contributed by atoms with Gasteiger partial charge in [-0.05, 0) is 42.2 Å². The predicted octanol–water partition coefficient (Wildman–Crippen LogP) is 3.10. The van der Waals surface area contributed by atoms with Crippen LogP contribution in [0.1, 0.15) is 58.5 Å². The highest BCUT2D eigenvalue weighted by Gasteiger charge is 2.16. The van der Waals surface area contributed by atoms with Crippen LogP contribution in [0.3, 0.4) is 0 Å². The second-order valence-electron chi connectivity index (χ2n) is 7.01. The average Bonchev–Trinajstić information content (AvgIpc) is 3.20. The number of amides is 2. The zero-order valence-electron chi connectivity index (χ0n) is 15.4. The molecular formula is C21H26N4O2. The van der Waals surface area contributed by atoms with Gasteiger partial charge in [0.1, 0.15) is 5.69 Å². The number of nitrogens with two attached hydrogens (primary N) is 1. The summed E-state index contributed by atoms with van der Waals surface area (Å²) < 4.78 is 0. The molecule has 1 heterocycles. The van der Waals surface area contributed by atoms with E-state index < -0.39 is 5.91 Å². The Labute approximate surface area is 159 Å². The van der Waals surface area contributed by atoms with Crippen molar-refractivity contribution in [3.63, 3.8) is 0 Å². The van der Waals surface area contributed by atoms with Gasteiger partial charge in [-0.2, -0.15) is 0 Å². The maximum Gasteiger partial charge on any atom is 0.267 e. The molecular weight excluding hydrogens is 340 g/mol. The number of para-hydroxylation sites is 1. The number of hydrogen-bond donors (Lipinski definition) is 3. The summed E-state index contributed by atoms with van der Waals surface area (Å²) in [5.41, 5.74) is 7.75. The van der Waals surface area contributed by atoms with Gasteiger partial charge in [-0.25, -0.2) is 0 Å². The second kappa shape index (κ2) is 9.16. The van der Waals surface area contributed by atoms with Crippen molar-refractivity contribution in [1.82, 2.24) is 10.3 Å². The maximum absolute atomic E-state index is 12.6. The van der Waals surface area contributed by atoms with E-state index in [0.29, 0.717) is 18.7 Å². The molecule has 0 saturated heterocycles. The Hall–Kier alpha value is -2.89. The van der Waals surface area contributed by atoms with Crippen LogP contribution in [-0.2, 0) is 6.54 Å². The Morgan fingerprint density at radius 2 is 1.93 bits per heavy atom. The van der Waals surface area contributed by atoms with Crippen molar-refractivity contribution in [3.8, 4) is 0 Å². The van der Waals surface area contributed by atoms with E-state index >= 15 is 0 Å². The third kappa shape index (κ3) is 5.29. The molecule has 0 aliphatic heterocycles. The number of carbonyl (C=O) groups is 2. The van der Waals surface area contributed by atoms with Gasteiger partial charge >= 0.3 is 0 Å². The van der Waals surface area contributed by atoms with Crippen LogP contribution in [0.25, 0.3) is 0 Å². The summed E-state index contributed by atoms with van der Waals surface area (Å²) in [6.07, 6.45) is 7.81. The van der Waals surface area contributed by atoms with Crippen molar-refractivity contribution in [2.24, 2.45) is 11.7 Å². The number of aromatic nitrogens is 1. The van der Waals surface area contributed by atoms with Gasteiger partial charge in [-0.3, -0.25) is 14.6 Å². The van der Waals surface area contributed by atoms with Crippen LogP contribution >= 0.6 is 0 Å². The standard InChI is InChI=1S/C21H26N4O2/c22-20(26)19-13-16(10-11-23-19)14-25-18-8-4-3-7-17(18)21(27)24-12-9-15-5-1-2-6-15/h3-4,7-8,10-11,13,15,25H,1-2,5-6,9,12,14H2,(H2,22,26)(H,24,27). The molecule has 0 unspecified atom stereocenters. The number of primary amides is 1. The van der Waals surface area contributed by atoms with Gasteiger partial charge in [0.05, 0.1) is 5.56 Å². The summed E-state index contributed by atoms with van der Waals surface area (Å²) in [7, 11) is 0. The first kappa shape index (κ1) is 18.9. The first-order valence-electron chi connectivity index (χ1n) is 9.49. The van der Waals surface area contributed by atoms with E-state index in [1.165, 1.54) is 25.7 Å². The van der Waals surface area contributed by atoms with E-state index in [0.717, 1.165) is 23.6 Å². The quantitative estimate of drug-likeness (QED) is 0.669. The highest BCUT2D eigenvalue weighted by atomic mass is 16.2. The number of pyridine rings is 1. The van der Waals surface area contributed by atoms with Crippen LogP contribution in [0.4, 0.5) is 5.69 Å². The molecule has 2 amide bonds. The molecule has 1 aliphatic rings. The lowest BCUT2D eigenvalue weighted by atomic mass is 10.0. The number of rotatable bonds is 8. The monoisotopic (exact) mass is 366 g/mol. The largest absolute Gasteiger partial charge is 0.380 e. The van der Waals surface area contributed by atoms with Crippen LogP contribution in [0, 0.1) is 5.92 Å². The Kier molecular flexibility index (Phi) is 6.41. The topological polar surface area (TPSA) is 97.1 Å². The van der Waals surface area contributed by atoms with Gasteiger partial charge in [0, 0.05) is 25.0 Å². The average molecular weight is 366 g/mol. The van der Waals surface area contributed by atoms with Crippen molar-refractivity contribution in [2.75, 3.05) is 11.9 Å². The first-order chi connectivity index (χ1) is 13.1. The van der Waals surface area contributed by atoms with Crippen LogP contribution in [-0.4, -0.2) is 23.3 Å². The van der Waals surface area contributed by atoms with E-state index in [-0.39, 0.29) is 11.6 Å². The van der Waals surface area contributed by atoms with Crippen LogP contribution in [0.15, 0.2) is 42.6 Å². The highest BCUT2D eigenvalue weighted by Crippen LogP contribution is 2.27. The molecule has 1 fully saturated rings. The number of hydrogen-bond acceptors (Lipinski definition) is 4. The van der Waals surface area contributed by atoms with E-state index in [2.05, 4.69) is 15.6 Å². The number of nitrogens with one attached hydrogen (secondary N) is 2. The highest BCUT2D eigenvalue weighted by molar-refractivity contribution is 5.99. The Morgan fingerprint density at radius 1 is 1.15 bits per heavy atom. The smallest absolute Gasteiger partial charge is 0.267 e. The van der Waals surface area contributed by atoms with Gasteiger partial charge in [0.15, 0.2) is 0 Å². The SMILES string of the molecule is NC(=O)c1cc(CNc2ccccc2C(=O)NCCC2CCCC2)ccn1. The first-order valence-corrected chi connectivity index (χ1v) is 9.49. The molecule has 142 valence electrons. The van der Waals surface area contributed by atoms with Gasteiger partial charge in [-0.1, -0.05) is 37.8 Å². The summed E-state index contributed by atoms with van der Waals surface area (Å²) in [6.45, 7) is 1.18. The minimum absolute atomic E-state index is 0.0661. The van der Waals surface area contributed by atoms with Gasteiger partial charge in [0.25, 0.3) is 11.8 Å². The fourth-order valence-corrected chi connectivity index (χ4v) is 3.54. The van der Waals surface area contributed by atoms with Gasteiger partial charge < -0.3 is 16.4 Å². The Bertz CT molecular complexity index is 800. The van der Waals surface area contributed by atoms with E-state index in [9.17, 15) is 9.59 Å². The van der Waals surface area contributed by atoms with Crippen molar-refractivity contribution in [3.05, 3.63) is 59.4 Å². The molecule has 1 aliphatic carbocycles. The number of nitrogens with zero attached hydrogens (tertiary/aromatic N) is 1. The number of benzene rings is 1. The van der Waals surface area contributed by atoms with Crippen LogP contribution in [0.5, 0.6) is 0 Å². The maximum atomic E-state index is 12.6. The molecule has 1 aromatic heterocycles. The van der Waals surface area contributed by atoms with Crippen molar-refractivity contribution < 1.29 is 9.59 Å². The minimum atomic E-state index is -0.557. The third-order valence-electron chi connectivity index (χ3n) is 5.04. The summed E-state index contributed by atoms with van der Waals surface area (Å²) in [5, 5.41) is 6.31. The number of anilines is 1. The normalized spacial score (nSPS) is 14.1. The van der Waals surface area contributed by atoms with Crippen molar-refractivity contribution >= 4 is 17.5 Å². The van der Waals surface area contributed by atoms with Gasteiger partial charge in [-0.15, -0.1) is 0 Å². The molecule has 1 aromatic carbocycles. The molecule has 27 heavy (non-hydrogen) atoms. The molecule has 4 N–H and O–H groups in total. The van der Waals surface area contributed by atoms with E-state index in [1.807, 2.05) is 30.3 Å². The molecule has 0 spiro atoms. The van der Waals surface area contributed by atoms with Crippen LogP contribution < -0.4 is 16.4 Å². The molecule has 0 bridgehead atoms. The zero-order valence-corrected chi connectivity index (χ0v) is 15.4. The molecule has 0 atom stereocenters. The summed E-state index contributed by atoms with van der Waals surface area (Å²) in [4.78, 5) is 27.8. The fraction of sp³-hybridized carbons (Fsp3) is 0.381. The lowest BCUT2D eigenvalue weighted by Crippen LogP contribution is -2.26. The predicted molar refractivity (Wildman–Crippen MR) is 105 cm³/mol. The molecule has 1 saturated carbocycles. The Balaban J connectivity index is 1.58. The van der Waals surface area contributed by atoms with E-state index in [1.54, 1.807) is 12.3 Å². The second-order valence-corrected chi connectivity index (χ2v) is 7.01. The van der Waals surface area contributed by atoms with Crippen LogP contribution in [0.2, 0.25) is 0 Å². The zero-order chi connectivity index (χ0) is 19.1. The lowest BCUT2D eigenvalue weighted by Gasteiger charge is -2.14. The number of carbonyl (C=O) groups excluding carboxylic acids is 2. The molecule has 2 aromatic rings. The molecule has 3 rings (SSSR count). The molecule has 0 radical (unpaired) electrons. The van der Waals surface area contributed by atoms with Crippen molar-refractivity contribution in [1.29, 1.82) is 0 Å². The third-order valence-corrected chi connectivity index (χ3v) is 5.04. The molecule has 6 heteroatoms. The minimum Gasteiger partial charge on any atom is -0.380 e. The summed E-state index contributed by atoms with van der Waals surface area (Å²) in [5.74, 6) is 0.132. The van der Waals surface area contributed by atoms with Gasteiger partial charge in [0.2, 0.25) is 0 Å². The fourth-order valence-electron chi connectivity index (χ4n) is 3.54. The lowest BCUT2D eigenvalue weighted by molar-refractivity contribution is 0.0950. The molecule has 6 nitrogen and oxygen atoms in total. The van der Waals surface area contributed by atoms with E-state index in [4.69, 9.17) is 5.73 Å². The Morgan fingerprint density at radius 3 is 2.70 bits per heavy atom. The summed E-state index contributed by atoms with van der Waals surface area (Å²) >= 11 is 0.